The van der Waals surface area contributed by atoms with Crippen molar-refractivity contribution >= 4 is 5.91 Å². The van der Waals surface area contributed by atoms with E-state index in [1.807, 2.05) is 11.9 Å². The van der Waals surface area contributed by atoms with Gasteiger partial charge >= 0.3 is 0 Å². The number of rotatable bonds is 2. The lowest BCUT2D eigenvalue weighted by molar-refractivity contribution is 0.0720. The Morgan fingerprint density at radius 2 is 2.29 bits per heavy atom. The van der Waals surface area contributed by atoms with Crippen molar-refractivity contribution in [1.82, 2.24) is 20.4 Å². The summed E-state index contributed by atoms with van der Waals surface area (Å²) >= 11 is 0. The number of nitrogens with one attached hydrogen (secondary N) is 1. The first-order valence-electron chi connectivity index (χ1n) is 6.03. The third kappa shape index (κ3) is 3.00. The second-order valence-corrected chi connectivity index (χ2v) is 4.38. The molecule has 1 unspecified atom stereocenters. The SMILES string of the molecule is CN(C(=O)c1ccnnc1)C1CCCNCC1. The van der Waals surface area contributed by atoms with Crippen LogP contribution in [0.4, 0.5) is 0 Å². The zero-order valence-corrected chi connectivity index (χ0v) is 10.1. The summed E-state index contributed by atoms with van der Waals surface area (Å²) in [6.07, 6.45) is 6.27. The zero-order chi connectivity index (χ0) is 12.1. The summed E-state index contributed by atoms with van der Waals surface area (Å²) in [7, 11) is 1.87. The molecule has 1 aromatic rings. The molecule has 2 heterocycles. The molecule has 1 aliphatic rings. The fourth-order valence-electron chi connectivity index (χ4n) is 2.17. The molecule has 0 spiro atoms. The molecule has 1 atom stereocenters. The van der Waals surface area contributed by atoms with Crippen LogP contribution < -0.4 is 5.32 Å². The first kappa shape index (κ1) is 12.0. The smallest absolute Gasteiger partial charge is 0.255 e. The molecular formula is C12H18N4O. The highest BCUT2D eigenvalue weighted by atomic mass is 16.2. The maximum absolute atomic E-state index is 12.2. The first-order valence-corrected chi connectivity index (χ1v) is 6.03. The number of hydrogen-bond acceptors (Lipinski definition) is 4. The van der Waals surface area contributed by atoms with Crippen molar-refractivity contribution in [3.05, 3.63) is 24.0 Å². The van der Waals surface area contributed by atoms with E-state index >= 15 is 0 Å². The maximum atomic E-state index is 12.2. The quantitative estimate of drug-likeness (QED) is 0.818. The number of aromatic nitrogens is 2. The van der Waals surface area contributed by atoms with E-state index < -0.39 is 0 Å². The minimum absolute atomic E-state index is 0.0341. The lowest BCUT2D eigenvalue weighted by atomic mass is 10.1. The molecule has 5 heteroatoms. The van der Waals surface area contributed by atoms with Crippen molar-refractivity contribution in [2.24, 2.45) is 0 Å². The standard InChI is InChI=1S/C12H18N4O/c1-16(11-3-2-6-13-7-5-11)12(17)10-4-8-14-15-9-10/h4,8-9,11,13H,2-3,5-7H2,1H3. The number of hydrogen-bond donors (Lipinski definition) is 1. The number of carbonyl (C=O) groups is 1. The van der Waals surface area contributed by atoms with Crippen LogP contribution >= 0.6 is 0 Å². The van der Waals surface area contributed by atoms with Gasteiger partial charge in [-0.25, -0.2) is 0 Å². The second kappa shape index (κ2) is 5.72. The Hall–Kier alpha value is -1.49. The van der Waals surface area contributed by atoms with Gasteiger partial charge < -0.3 is 10.2 Å². The summed E-state index contributed by atoms with van der Waals surface area (Å²) in [6, 6.07) is 2.03. The fraction of sp³-hybridized carbons (Fsp3) is 0.583. The Morgan fingerprint density at radius 3 is 3.06 bits per heavy atom. The molecule has 2 rings (SSSR count). The van der Waals surface area contributed by atoms with Crippen LogP contribution in [-0.4, -0.2) is 47.2 Å². The van der Waals surface area contributed by atoms with Crippen LogP contribution in [0.15, 0.2) is 18.5 Å². The van der Waals surface area contributed by atoms with Gasteiger partial charge in [-0.2, -0.15) is 10.2 Å². The molecule has 1 N–H and O–H groups in total. The van der Waals surface area contributed by atoms with Gasteiger partial charge in [0, 0.05) is 13.1 Å². The Kier molecular flexibility index (Phi) is 4.03. The van der Waals surface area contributed by atoms with Gasteiger partial charge in [0.15, 0.2) is 0 Å². The molecule has 1 saturated heterocycles. The monoisotopic (exact) mass is 234 g/mol. The fourth-order valence-corrected chi connectivity index (χ4v) is 2.17. The van der Waals surface area contributed by atoms with Crippen molar-refractivity contribution in [1.29, 1.82) is 0 Å². The van der Waals surface area contributed by atoms with Gasteiger partial charge in [-0.1, -0.05) is 0 Å². The summed E-state index contributed by atoms with van der Waals surface area (Å²) in [4.78, 5) is 14.0. The molecule has 1 aliphatic heterocycles. The van der Waals surface area contributed by atoms with Gasteiger partial charge in [0.05, 0.1) is 18.0 Å². The molecule has 1 fully saturated rings. The summed E-state index contributed by atoms with van der Waals surface area (Å²) < 4.78 is 0. The van der Waals surface area contributed by atoms with Gasteiger partial charge in [0.1, 0.15) is 0 Å². The predicted molar refractivity (Wildman–Crippen MR) is 64.6 cm³/mol. The van der Waals surface area contributed by atoms with Crippen LogP contribution in [0, 0.1) is 0 Å². The minimum atomic E-state index is 0.0341. The van der Waals surface area contributed by atoms with E-state index in [0.717, 1.165) is 32.4 Å². The topological polar surface area (TPSA) is 58.1 Å². The highest BCUT2D eigenvalue weighted by molar-refractivity contribution is 5.93. The van der Waals surface area contributed by atoms with Crippen LogP contribution in [-0.2, 0) is 0 Å². The molecule has 0 aromatic carbocycles. The van der Waals surface area contributed by atoms with E-state index in [2.05, 4.69) is 15.5 Å². The maximum Gasteiger partial charge on any atom is 0.255 e. The van der Waals surface area contributed by atoms with E-state index in [1.54, 1.807) is 12.3 Å². The van der Waals surface area contributed by atoms with Crippen molar-refractivity contribution in [3.63, 3.8) is 0 Å². The number of amides is 1. The van der Waals surface area contributed by atoms with E-state index in [9.17, 15) is 4.79 Å². The van der Waals surface area contributed by atoms with E-state index in [1.165, 1.54) is 6.20 Å². The number of carbonyl (C=O) groups excluding carboxylic acids is 1. The van der Waals surface area contributed by atoms with Gasteiger partial charge in [-0.05, 0) is 38.4 Å². The second-order valence-electron chi connectivity index (χ2n) is 4.38. The first-order chi connectivity index (χ1) is 8.29. The van der Waals surface area contributed by atoms with Crippen LogP contribution in [0.3, 0.4) is 0 Å². The Labute approximate surface area is 101 Å². The van der Waals surface area contributed by atoms with E-state index in [-0.39, 0.29) is 5.91 Å². The lowest BCUT2D eigenvalue weighted by Gasteiger charge is -2.26. The van der Waals surface area contributed by atoms with Crippen LogP contribution in [0.1, 0.15) is 29.6 Å². The van der Waals surface area contributed by atoms with Crippen molar-refractivity contribution < 1.29 is 4.79 Å². The van der Waals surface area contributed by atoms with E-state index in [4.69, 9.17) is 0 Å². The number of nitrogens with zero attached hydrogens (tertiary/aromatic N) is 3. The highest BCUT2D eigenvalue weighted by Crippen LogP contribution is 2.14. The molecule has 5 nitrogen and oxygen atoms in total. The summed E-state index contributed by atoms with van der Waals surface area (Å²) in [5.74, 6) is 0.0341. The predicted octanol–water partition coefficient (Wildman–Crippen LogP) is 0.691. The average Bonchev–Trinajstić information content (AvgIpc) is 2.67. The average molecular weight is 234 g/mol. The Balaban J connectivity index is 2.03. The van der Waals surface area contributed by atoms with Gasteiger partial charge in [-0.15, -0.1) is 0 Å². The molecule has 1 amide bonds. The summed E-state index contributed by atoms with van der Waals surface area (Å²) in [6.45, 7) is 2.03. The van der Waals surface area contributed by atoms with Crippen molar-refractivity contribution in [3.8, 4) is 0 Å². The largest absolute Gasteiger partial charge is 0.339 e. The van der Waals surface area contributed by atoms with E-state index in [0.29, 0.717) is 11.6 Å². The van der Waals surface area contributed by atoms with Crippen LogP contribution in [0.2, 0.25) is 0 Å². The third-order valence-corrected chi connectivity index (χ3v) is 3.24. The molecule has 0 aliphatic carbocycles. The summed E-state index contributed by atoms with van der Waals surface area (Å²) in [5, 5.41) is 10.8. The molecule has 0 radical (unpaired) electrons. The lowest BCUT2D eigenvalue weighted by Crippen LogP contribution is -2.37. The molecule has 0 saturated carbocycles. The molecule has 92 valence electrons. The minimum Gasteiger partial charge on any atom is -0.339 e. The van der Waals surface area contributed by atoms with Crippen molar-refractivity contribution in [2.75, 3.05) is 20.1 Å². The molecule has 1 aromatic heterocycles. The van der Waals surface area contributed by atoms with Gasteiger partial charge in [-0.3, -0.25) is 4.79 Å². The van der Waals surface area contributed by atoms with Crippen LogP contribution in [0.5, 0.6) is 0 Å². The Bertz CT molecular complexity index is 360. The highest BCUT2D eigenvalue weighted by Gasteiger charge is 2.21. The van der Waals surface area contributed by atoms with Gasteiger partial charge in [0.2, 0.25) is 0 Å². The van der Waals surface area contributed by atoms with Crippen LogP contribution in [0.25, 0.3) is 0 Å². The zero-order valence-electron chi connectivity index (χ0n) is 10.1. The third-order valence-electron chi connectivity index (χ3n) is 3.24. The molecule has 17 heavy (non-hydrogen) atoms. The molecular weight excluding hydrogens is 216 g/mol. The molecule has 0 bridgehead atoms. The van der Waals surface area contributed by atoms with Gasteiger partial charge in [0.25, 0.3) is 5.91 Å². The van der Waals surface area contributed by atoms with Crippen molar-refractivity contribution in [2.45, 2.75) is 25.3 Å². The normalized spacial score (nSPS) is 20.6. The Morgan fingerprint density at radius 1 is 1.41 bits per heavy atom. The summed E-state index contributed by atoms with van der Waals surface area (Å²) in [5.41, 5.74) is 0.611.